The Morgan fingerprint density at radius 1 is 1.33 bits per heavy atom. The first-order valence-electron chi connectivity index (χ1n) is 3.54. The summed E-state index contributed by atoms with van der Waals surface area (Å²) in [6, 6.07) is 7.61. The number of nitrogens with zero attached hydrogens (tertiary/aromatic N) is 1. The molecule has 1 aromatic carbocycles. The summed E-state index contributed by atoms with van der Waals surface area (Å²) in [5, 5.41) is 7.14. The van der Waals surface area contributed by atoms with Crippen LogP contribution in [0.3, 0.4) is 0 Å². The third kappa shape index (κ3) is 1.21. The van der Waals surface area contributed by atoms with Crippen LogP contribution < -0.4 is 0 Å². The number of hydrogen-bond acceptors (Lipinski definition) is 1. The van der Waals surface area contributed by atoms with E-state index >= 15 is 0 Å². The molecular weight excluding hydrogens is 172 g/mol. The van der Waals surface area contributed by atoms with Crippen molar-refractivity contribution in [2.75, 3.05) is 0 Å². The molecule has 1 N–H and O–H groups in total. The standard InChI is InChI=1S/C9H6ClN2/c10-9-4-2-1-3-8(9)7-5-11-12-6-7/h1-5H,(H,11,12). The summed E-state index contributed by atoms with van der Waals surface area (Å²) in [5.74, 6) is 0. The third-order valence-electron chi connectivity index (χ3n) is 1.61. The van der Waals surface area contributed by atoms with Gasteiger partial charge in [0.05, 0.1) is 12.4 Å². The highest BCUT2D eigenvalue weighted by molar-refractivity contribution is 6.33. The Balaban J connectivity index is 2.55. The molecule has 2 nitrogen and oxygen atoms in total. The summed E-state index contributed by atoms with van der Waals surface area (Å²) in [6.45, 7) is 0. The maximum Gasteiger partial charge on any atom is 0.0913 e. The fourth-order valence-electron chi connectivity index (χ4n) is 1.04. The lowest BCUT2D eigenvalue weighted by atomic mass is 10.1. The van der Waals surface area contributed by atoms with Crippen molar-refractivity contribution in [3.63, 3.8) is 0 Å². The van der Waals surface area contributed by atoms with Crippen LogP contribution in [0.25, 0.3) is 11.1 Å². The van der Waals surface area contributed by atoms with Gasteiger partial charge in [0, 0.05) is 16.1 Å². The van der Waals surface area contributed by atoms with Gasteiger partial charge in [-0.15, -0.1) is 0 Å². The van der Waals surface area contributed by atoms with E-state index in [1.54, 1.807) is 6.20 Å². The molecule has 0 saturated heterocycles. The average molecular weight is 178 g/mol. The molecule has 2 rings (SSSR count). The number of nitrogens with one attached hydrogen (secondary N) is 1. The molecule has 12 heavy (non-hydrogen) atoms. The molecule has 0 amide bonds. The Hall–Kier alpha value is -1.28. The Morgan fingerprint density at radius 2 is 2.17 bits per heavy atom. The number of hydrogen-bond donors (Lipinski definition) is 1. The summed E-state index contributed by atoms with van der Waals surface area (Å²) >= 11 is 5.95. The van der Waals surface area contributed by atoms with Gasteiger partial charge in [0.25, 0.3) is 0 Å². The minimum atomic E-state index is 0.718. The number of aromatic amines is 1. The monoisotopic (exact) mass is 177 g/mol. The summed E-state index contributed by atoms with van der Waals surface area (Å²) in [6.07, 6.45) is 4.57. The zero-order valence-corrected chi connectivity index (χ0v) is 6.97. The molecule has 59 valence electrons. The van der Waals surface area contributed by atoms with Crippen LogP contribution in [0.4, 0.5) is 0 Å². The first-order chi connectivity index (χ1) is 5.88. The maximum atomic E-state index is 5.95. The average Bonchev–Trinajstić information content (AvgIpc) is 2.57. The summed E-state index contributed by atoms with van der Waals surface area (Å²) in [5.41, 5.74) is 1.84. The Kier molecular flexibility index (Phi) is 1.84. The van der Waals surface area contributed by atoms with Crippen LogP contribution in [-0.2, 0) is 0 Å². The normalized spacial score (nSPS) is 10.1. The van der Waals surface area contributed by atoms with Gasteiger partial charge in [-0.2, -0.15) is 5.10 Å². The SMILES string of the molecule is Clc1ccccc1-c1[c][nH]nc1. The molecule has 0 bridgehead atoms. The fourth-order valence-corrected chi connectivity index (χ4v) is 1.28. The van der Waals surface area contributed by atoms with E-state index in [1.807, 2.05) is 24.3 Å². The van der Waals surface area contributed by atoms with E-state index in [2.05, 4.69) is 16.4 Å². The second kappa shape index (κ2) is 2.99. The van der Waals surface area contributed by atoms with Gasteiger partial charge in [-0.25, -0.2) is 0 Å². The predicted octanol–water partition coefficient (Wildman–Crippen LogP) is 2.53. The zero-order valence-electron chi connectivity index (χ0n) is 6.21. The van der Waals surface area contributed by atoms with Crippen LogP contribution in [0.1, 0.15) is 0 Å². The first-order valence-corrected chi connectivity index (χ1v) is 3.91. The van der Waals surface area contributed by atoms with E-state index in [9.17, 15) is 0 Å². The quantitative estimate of drug-likeness (QED) is 0.713. The second-order valence-electron chi connectivity index (χ2n) is 2.39. The van der Waals surface area contributed by atoms with Crippen LogP contribution in [0.15, 0.2) is 30.5 Å². The molecule has 0 aliphatic carbocycles. The van der Waals surface area contributed by atoms with Crippen molar-refractivity contribution in [2.45, 2.75) is 0 Å². The highest BCUT2D eigenvalue weighted by Gasteiger charge is 2.02. The van der Waals surface area contributed by atoms with E-state index < -0.39 is 0 Å². The van der Waals surface area contributed by atoms with Crippen molar-refractivity contribution in [1.29, 1.82) is 0 Å². The fraction of sp³-hybridized carbons (Fsp3) is 0. The lowest BCUT2D eigenvalue weighted by Crippen LogP contribution is -1.74. The third-order valence-corrected chi connectivity index (χ3v) is 1.94. The van der Waals surface area contributed by atoms with Crippen molar-refractivity contribution in [1.82, 2.24) is 10.2 Å². The molecular formula is C9H6ClN2. The number of aromatic nitrogens is 2. The second-order valence-corrected chi connectivity index (χ2v) is 2.80. The number of halogens is 1. The van der Waals surface area contributed by atoms with Crippen molar-refractivity contribution >= 4 is 11.6 Å². The minimum Gasteiger partial charge on any atom is -0.276 e. The first kappa shape index (κ1) is 7.37. The molecule has 0 unspecified atom stereocenters. The van der Waals surface area contributed by atoms with Gasteiger partial charge >= 0.3 is 0 Å². The molecule has 2 aromatic rings. The van der Waals surface area contributed by atoms with Crippen LogP contribution in [0.2, 0.25) is 5.02 Å². The van der Waals surface area contributed by atoms with Gasteiger partial charge in [-0.1, -0.05) is 29.8 Å². The lowest BCUT2D eigenvalue weighted by molar-refractivity contribution is 1.08. The van der Waals surface area contributed by atoms with Crippen LogP contribution in [-0.4, -0.2) is 10.2 Å². The molecule has 0 aliphatic rings. The van der Waals surface area contributed by atoms with E-state index in [1.165, 1.54) is 0 Å². The van der Waals surface area contributed by atoms with Gasteiger partial charge in [0.1, 0.15) is 0 Å². The lowest BCUT2D eigenvalue weighted by Gasteiger charge is -1.97. The largest absolute Gasteiger partial charge is 0.276 e. The van der Waals surface area contributed by atoms with E-state index in [-0.39, 0.29) is 0 Å². The predicted molar refractivity (Wildman–Crippen MR) is 47.9 cm³/mol. The Bertz CT molecular complexity index is 368. The molecule has 0 aliphatic heterocycles. The molecule has 0 spiro atoms. The minimum absolute atomic E-state index is 0.718. The van der Waals surface area contributed by atoms with Gasteiger partial charge in [0.15, 0.2) is 0 Å². The van der Waals surface area contributed by atoms with E-state index in [0.29, 0.717) is 0 Å². The molecule has 1 aromatic heterocycles. The molecule has 1 heterocycles. The van der Waals surface area contributed by atoms with Crippen molar-refractivity contribution in [3.8, 4) is 11.1 Å². The maximum absolute atomic E-state index is 5.95. The van der Waals surface area contributed by atoms with E-state index in [0.717, 1.165) is 16.1 Å². The van der Waals surface area contributed by atoms with Gasteiger partial charge in [0.2, 0.25) is 0 Å². The molecule has 1 radical (unpaired) electrons. The van der Waals surface area contributed by atoms with E-state index in [4.69, 9.17) is 11.6 Å². The molecule has 0 fully saturated rings. The van der Waals surface area contributed by atoms with Crippen LogP contribution in [0, 0.1) is 6.20 Å². The Morgan fingerprint density at radius 3 is 2.83 bits per heavy atom. The van der Waals surface area contributed by atoms with Crippen LogP contribution in [0.5, 0.6) is 0 Å². The van der Waals surface area contributed by atoms with Gasteiger partial charge in [-0.3, -0.25) is 5.10 Å². The van der Waals surface area contributed by atoms with Crippen LogP contribution >= 0.6 is 11.6 Å². The Labute approximate surface area is 75.2 Å². The number of rotatable bonds is 1. The van der Waals surface area contributed by atoms with Crippen molar-refractivity contribution < 1.29 is 0 Å². The summed E-state index contributed by atoms with van der Waals surface area (Å²) in [4.78, 5) is 0. The van der Waals surface area contributed by atoms with Crippen molar-refractivity contribution in [3.05, 3.63) is 41.7 Å². The zero-order chi connectivity index (χ0) is 8.39. The molecule has 3 heteroatoms. The summed E-state index contributed by atoms with van der Waals surface area (Å²) in [7, 11) is 0. The highest BCUT2D eigenvalue weighted by atomic mass is 35.5. The van der Waals surface area contributed by atoms with Gasteiger partial charge in [-0.05, 0) is 6.07 Å². The number of benzene rings is 1. The molecule has 0 atom stereocenters. The van der Waals surface area contributed by atoms with Crippen molar-refractivity contribution in [2.24, 2.45) is 0 Å². The van der Waals surface area contributed by atoms with Gasteiger partial charge < -0.3 is 0 Å². The summed E-state index contributed by atoms with van der Waals surface area (Å²) < 4.78 is 0. The topological polar surface area (TPSA) is 28.7 Å². The smallest absolute Gasteiger partial charge is 0.0913 e. The highest BCUT2D eigenvalue weighted by Crippen LogP contribution is 2.25. The molecule has 0 saturated carbocycles. The number of H-pyrrole nitrogens is 1.